The van der Waals surface area contributed by atoms with Crippen molar-refractivity contribution in [3.05, 3.63) is 22.4 Å². The molecule has 88 valence electrons. The van der Waals surface area contributed by atoms with Gasteiger partial charge in [0.05, 0.1) is 6.61 Å². The molecule has 0 aliphatic carbocycles. The maximum atomic E-state index is 11.6. The van der Waals surface area contributed by atoms with Gasteiger partial charge in [0.2, 0.25) is 0 Å². The number of aliphatic carboxylic acids is 1. The summed E-state index contributed by atoms with van der Waals surface area (Å²) >= 11 is 1.47. The van der Waals surface area contributed by atoms with Crippen molar-refractivity contribution in [1.82, 2.24) is 0 Å². The van der Waals surface area contributed by atoms with Gasteiger partial charge in [0.1, 0.15) is 0 Å². The Morgan fingerprint density at radius 1 is 1.56 bits per heavy atom. The molecule has 1 aromatic rings. The molecule has 0 saturated carbocycles. The second-order valence-electron chi connectivity index (χ2n) is 3.67. The first kappa shape index (κ1) is 12.7. The average molecular weight is 242 g/mol. The van der Waals surface area contributed by atoms with Crippen LogP contribution in [0.2, 0.25) is 0 Å². The minimum absolute atomic E-state index is 0.157. The lowest BCUT2D eigenvalue weighted by molar-refractivity contribution is -0.167. The van der Waals surface area contributed by atoms with Crippen LogP contribution in [0.5, 0.6) is 0 Å². The molecule has 0 fully saturated rings. The Balaban J connectivity index is 2.88. The van der Waals surface area contributed by atoms with Crippen molar-refractivity contribution in [3.8, 4) is 0 Å². The lowest BCUT2D eigenvalue weighted by atomic mass is 9.84. The summed E-state index contributed by atoms with van der Waals surface area (Å²) in [4.78, 5) is 22.8. The molecule has 5 heteroatoms. The zero-order valence-corrected chi connectivity index (χ0v) is 10.0. The van der Waals surface area contributed by atoms with Crippen molar-refractivity contribution in [3.63, 3.8) is 0 Å². The Bertz CT molecular complexity index is 371. The number of ether oxygens (including phenoxy) is 1. The number of carbonyl (C=O) groups excluding carboxylic acids is 1. The fraction of sp³-hybridized carbons (Fsp3) is 0.455. The van der Waals surface area contributed by atoms with E-state index in [-0.39, 0.29) is 13.0 Å². The SMILES string of the molecule is CCOC(=O)C(C)(Cc1ccsc1)C(=O)O. The monoisotopic (exact) mass is 242 g/mol. The maximum absolute atomic E-state index is 11.6. The van der Waals surface area contributed by atoms with Gasteiger partial charge in [0, 0.05) is 0 Å². The zero-order chi connectivity index (χ0) is 12.2. The summed E-state index contributed by atoms with van der Waals surface area (Å²) < 4.78 is 4.80. The van der Waals surface area contributed by atoms with Crippen LogP contribution in [0.4, 0.5) is 0 Å². The number of carbonyl (C=O) groups is 2. The first-order valence-corrected chi connectivity index (χ1v) is 5.86. The van der Waals surface area contributed by atoms with Crippen LogP contribution in [0, 0.1) is 5.41 Å². The van der Waals surface area contributed by atoms with Crippen LogP contribution in [0.3, 0.4) is 0 Å². The summed E-state index contributed by atoms with van der Waals surface area (Å²) in [7, 11) is 0. The van der Waals surface area contributed by atoms with Crippen molar-refractivity contribution in [2.45, 2.75) is 20.3 Å². The molecule has 0 radical (unpaired) electrons. The molecule has 0 aromatic carbocycles. The van der Waals surface area contributed by atoms with E-state index in [4.69, 9.17) is 9.84 Å². The lowest BCUT2D eigenvalue weighted by Gasteiger charge is -2.21. The molecule has 1 N–H and O–H groups in total. The van der Waals surface area contributed by atoms with Crippen LogP contribution >= 0.6 is 11.3 Å². The van der Waals surface area contributed by atoms with Crippen molar-refractivity contribution >= 4 is 23.3 Å². The molecule has 1 unspecified atom stereocenters. The molecule has 0 spiro atoms. The quantitative estimate of drug-likeness (QED) is 0.633. The predicted octanol–water partition coefficient (Wildman–Crippen LogP) is 1.94. The first-order chi connectivity index (χ1) is 7.50. The van der Waals surface area contributed by atoms with Crippen molar-refractivity contribution in [1.29, 1.82) is 0 Å². The van der Waals surface area contributed by atoms with Gasteiger partial charge in [-0.25, -0.2) is 0 Å². The second kappa shape index (κ2) is 5.12. The Hall–Kier alpha value is -1.36. The van der Waals surface area contributed by atoms with Crippen LogP contribution < -0.4 is 0 Å². The van der Waals surface area contributed by atoms with Gasteiger partial charge in [-0.15, -0.1) is 0 Å². The standard InChI is InChI=1S/C11H14O4S/c1-3-15-10(14)11(2,9(12)13)6-8-4-5-16-7-8/h4-5,7H,3,6H2,1-2H3,(H,12,13). The smallest absolute Gasteiger partial charge is 0.323 e. The van der Waals surface area contributed by atoms with E-state index < -0.39 is 17.4 Å². The minimum Gasteiger partial charge on any atom is -0.480 e. The van der Waals surface area contributed by atoms with Crippen LogP contribution in [-0.2, 0) is 20.7 Å². The van der Waals surface area contributed by atoms with Gasteiger partial charge in [-0.1, -0.05) is 0 Å². The number of hydrogen-bond donors (Lipinski definition) is 1. The van der Waals surface area contributed by atoms with E-state index in [1.165, 1.54) is 18.3 Å². The third kappa shape index (κ3) is 2.61. The van der Waals surface area contributed by atoms with Gasteiger partial charge in [0.15, 0.2) is 5.41 Å². The lowest BCUT2D eigenvalue weighted by Crippen LogP contribution is -2.39. The van der Waals surface area contributed by atoms with E-state index in [1.54, 1.807) is 6.92 Å². The molecule has 16 heavy (non-hydrogen) atoms. The second-order valence-corrected chi connectivity index (χ2v) is 4.45. The van der Waals surface area contributed by atoms with Crippen molar-refractivity contribution < 1.29 is 19.4 Å². The third-order valence-corrected chi connectivity index (χ3v) is 3.07. The minimum atomic E-state index is -1.50. The molecule has 0 aliphatic rings. The number of esters is 1. The van der Waals surface area contributed by atoms with Gasteiger partial charge >= 0.3 is 11.9 Å². The molecule has 1 aromatic heterocycles. The highest BCUT2D eigenvalue weighted by molar-refractivity contribution is 7.07. The molecule has 0 aliphatic heterocycles. The van der Waals surface area contributed by atoms with E-state index in [0.717, 1.165) is 5.56 Å². The summed E-state index contributed by atoms with van der Waals surface area (Å²) in [5.41, 5.74) is -0.667. The van der Waals surface area contributed by atoms with Gasteiger partial charge in [0.25, 0.3) is 0 Å². The summed E-state index contributed by atoms with van der Waals surface area (Å²) in [6.07, 6.45) is 0.157. The Morgan fingerprint density at radius 2 is 2.25 bits per heavy atom. The Morgan fingerprint density at radius 3 is 2.69 bits per heavy atom. The number of thiophene rings is 1. The number of carboxylic acids is 1. The van der Waals surface area contributed by atoms with E-state index >= 15 is 0 Å². The predicted molar refractivity (Wildman–Crippen MR) is 60.4 cm³/mol. The normalized spacial score (nSPS) is 14.1. The molecule has 1 rings (SSSR count). The van der Waals surface area contributed by atoms with E-state index in [1.807, 2.05) is 16.8 Å². The summed E-state index contributed by atoms with van der Waals surface area (Å²) in [5.74, 6) is -1.84. The van der Waals surface area contributed by atoms with Crippen LogP contribution in [-0.4, -0.2) is 23.7 Å². The van der Waals surface area contributed by atoms with E-state index in [2.05, 4.69) is 0 Å². The Kier molecular flexibility index (Phi) is 4.06. The van der Waals surface area contributed by atoms with Crippen molar-refractivity contribution in [2.24, 2.45) is 5.41 Å². The van der Waals surface area contributed by atoms with Gasteiger partial charge in [-0.05, 0) is 42.7 Å². The highest BCUT2D eigenvalue weighted by atomic mass is 32.1. The summed E-state index contributed by atoms with van der Waals surface area (Å²) in [5, 5.41) is 12.8. The largest absolute Gasteiger partial charge is 0.480 e. The van der Waals surface area contributed by atoms with Crippen LogP contribution in [0.1, 0.15) is 19.4 Å². The topological polar surface area (TPSA) is 63.6 Å². The first-order valence-electron chi connectivity index (χ1n) is 4.92. The van der Waals surface area contributed by atoms with Crippen molar-refractivity contribution in [2.75, 3.05) is 6.61 Å². The molecule has 0 saturated heterocycles. The van der Waals surface area contributed by atoms with Crippen LogP contribution in [0.15, 0.2) is 16.8 Å². The number of rotatable bonds is 5. The third-order valence-electron chi connectivity index (χ3n) is 2.34. The van der Waals surface area contributed by atoms with Gasteiger partial charge in [-0.2, -0.15) is 11.3 Å². The van der Waals surface area contributed by atoms with Crippen LogP contribution in [0.25, 0.3) is 0 Å². The highest BCUT2D eigenvalue weighted by Crippen LogP contribution is 2.26. The average Bonchev–Trinajstić information content (AvgIpc) is 2.70. The molecule has 4 nitrogen and oxygen atoms in total. The number of carboxylic acid groups (broad SMARTS) is 1. The van der Waals surface area contributed by atoms with E-state index in [9.17, 15) is 9.59 Å². The van der Waals surface area contributed by atoms with Gasteiger partial charge < -0.3 is 9.84 Å². The molecule has 0 amide bonds. The summed E-state index contributed by atoms with van der Waals surface area (Å²) in [6, 6.07) is 1.81. The fourth-order valence-corrected chi connectivity index (χ4v) is 2.00. The molecule has 1 atom stereocenters. The molecule has 0 bridgehead atoms. The zero-order valence-electron chi connectivity index (χ0n) is 9.23. The van der Waals surface area contributed by atoms with E-state index in [0.29, 0.717) is 0 Å². The summed E-state index contributed by atoms with van der Waals surface area (Å²) in [6.45, 7) is 3.24. The molecular formula is C11H14O4S. The highest BCUT2D eigenvalue weighted by Gasteiger charge is 2.43. The molecule has 1 heterocycles. The van der Waals surface area contributed by atoms with Gasteiger partial charge in [-0.3, -0.25) is 9.59 Å². The number of hydrogen-bond acceptors (Lipinski definition) is 4. The maximum Gasteiger partial charge on any atom is 0.323 e. The molecular weight excluding hydrogens is 228 g/mol. The Labute approximate surface area is 97.9 Å². The fourth-order valence-electron chi connectivity index (χ4n) is 1.33.